The van der Waals surface area contributed by atoms with Gasteiger partial charge in [-0.1, -0.05) is 46.8 Å². The number of hydrogen-bond acceptors (Lipinski definition) is 7. The lowest BCUT2D eigenvalue weighted by Gasteiger charge is -2.21. The third-order valence-electron chi connectivity index (χ3n) is 5.05. The van der Waals surface area contributed by atoms with Crippen molar-refractivity contribution in [3.05, 3.63) is 57.3 Å². The number of hydrogen-bond donors (Lipinski definition) is 2. The van der Waals surface area contributed by atoms with Crippen LogP contribution in [0.25, 0.3) is 5.69 Å². The highest BCUT2D eigenvalue weighted by Gasteiger charge is 2.31. The van der Waals surface area contributed by atoms with E-state index in [1.807, 2.05) is 0 Å². The quantitative estimate of drug-likeness (QED) is 0.212. The molecule has 9 nitrogen and oxygen atoms in total. The van der Waals surface area contributed by atoms with E-state index in [-0.39, 0.29) is 50.3 Å². The molecule has 0 atom stereocenters. The van der Waals surface area contributed by atoms with Crippen LogP contribution in [0.3, 0.4) is 0 Å². The lowest BCUT2D eigenvalue weighted by molar-refractivity contribution is -0.137. The Morgan fingerprint density at radius 1 is 1.12 bits per heavy atom. The smallest absolute Gasteiger partial charge is 0.339 e. The van der Waals surface area contributed by atoms with Crippen LogP contribution >= 0.6 is 35.0 Å². The molecule has 3 aromatic rings. The number of amides is 2. The molecule has 1 heterocycles. The molecule has 0 aliphatic rings. The molecule has 0 saturated heterocycles. The van der Waals surface area contributed by atoms with Crippen molar-refractivity contribution in [2.24, 2.45) is 0 Å². The molecular weight excluding hydrogens is 609 g/mol. The second-order valence-corrected chi connectivity index (χ2v) is 11.1. The van der Waals surface area contributed by atoms with Crippen molar-refractivity contribution in [3.63, 3.8) is 0 Å². The molecule has 1 aromatic heterocycles. The summed E-state index contributed by atoms with van der Waals surface area (Å²) in [6, 6.07) is 5.36. The van der Waals surface area contributed by atoms with Gasteiger partial charge in [0.15, 0.2) is 5.82 Å². The Balaban J connectivity index is 1.69. The first-order valence-electron chi connectivity index (χ1n) is 11.6. The summed E-state index contributed by atoms with van der Waals surface area (Å²) in [7, 11) is 3.49. The second kappa shape index (κ2) is 13.1. The zero-order valence-electron chi connectivity index (χ0n) is 22.0. The number of thioether (sulfide) groups is 1. The van der Waals surface area contributed by atoms with Crippen LogP contribution in [-0.2, 0) is 15.8 Å². The number of anilines is 1. The molecule has 41 heavy (non-hydrogen) atoms. The average Bonchev–Trinajstić information content (AvgIpc) is 3.32. The number of halogens is 6. The number of carbonyl (C=O) groups excluding carboxylic acids is 2. The van der Waals surface area contributed by atoms with E-state index in [9.17, 15) is 27.2 Å². The third kappa shape index (κ3) is 8.80. The lowest BCUT2D eigenvalue weighted by Crippen LogP contribution is -2.45. The summed E-state index contributed by atoms with van der Waals surface area (Å²) in [6.45, 7) is 3.49. The number of alkyl halides is 3. The summed E-state index contributed by atoms with van der Waals surface area (Å²) in [5.41, 5.74) is -2.11. The van der Waals surface area contributed by atoms with Gasteiger partial charge in [0.1, 0.15) is 5.02 Å². The molecule has 218 valence electrons. The molecule has 0 radical (unpaired) electrons. The first-order chi connectivity index (χ1) is 19.1. The summed E-state index contributed by atoms with van der Waals surface area (Å²) in [4.78, 5) is 26.3. The maximum atomic E-state index is 14.9. The molecule has 0 fully saturated rings. The highest BCUT2D eigenvalue weighted by molar-refractivity contribution is 7.99. The Labute approximate surface area is 246 Å². The van der Waals surface area contributed by atoms with Crippen molar-refractivity contribution in [1.82, 2.24) is 30.4 Å². The number of likely N-dealkylation sites (N-methyl/N-ethyl adjacent to an activating group) is 1. The molecule has 0 aliphatic carbocycles. The van der Waals surface area contributed by atoms with Crippen molar-refractivity contribution in [1.29, 1.82) is 0 Å². The zero-order chi connectivity index (χ0) is 30.5. The van der Waals surface area contributed by atoms with Gasteiger partial charge in [-0.25, -0.2) is 4.39 Å². The molecular formula is C25H23Cl2F4N7O2S. The van der Waals surface area contributed by atoms with Gasteiger partial charge in [-0.3, -0.25) is 9.59 Å². The lowest BCUT2D eigenvalue weighted by atomic mass is 10.1. The number of tetrazole rings is 1. The minimum atomic E-state index is -4.62. The standard InChI is InChI=1S/C25H23Cl2F4N7O2S/c1-24(2,33-19(39)12-37(3)4)10-9-14-5-8-17(21(27)22(14)28)32-20(40)13-41-23-34-35-36-38(23)18-11-15(25(29,30)31)6-7-16(18)26/h5-8,11H,12-13H2,1-4H3,(H,32,40)(H,33,39). The monoisotopic (exact) mass is 631 g/mol. The molecule has 2 N–H and O–H groups in total. The average molecular weight is 632 g/mol. The van der Waals surface area contributed by atoms with Gasteiger partial charge in [-0.05, 0) is 68.7 Å². The van der Waals surface area contributed by atoms with Crippen molar-refractivity contribution in [2.75, 3.05) is 31.7 Å². The highest BCUT2D eigenvalue weighted by atomic mass is 35.5. The molecule has 3 rings (SSSR count). The van der Waals surface area contributed by atoms with E-state index in [1.165, 1.54) is 12.1 Å². The summed E-state index contributed by atoms with van der Waals surface area (Å²) in [6.07, 6.45) is -4.62. The van der Waals surface area contributed by atoms with Crippen molar-refractivity contribution in [3.8, 4) is 17.5 Å². The van der Waals surface area contributed by atoms with E-state index < -0.39 is 29.0 Å². The predicted molar refractivity (Wildman–Crippen MR) is 148 cm³/mol. The summed E-state index contributed by atoms with van der Waals surface area (Å²) >= 11 is 13.0. The zero-order valence-corrected chi connectivity index (χ0v) is 24.4. The van der Waals surface area contributed by atoms with Crippen LogP contribution < -0.4 is 10.6 Å². The normalized spacial score (nSPS) is 11.7. The van der Waals surface area contributed by atoms with Crippen LogP contribution in [0.4, 0.5) is 23.2 Å². The summed E-state index contributed by atoms with van der Waals surface area (Å²) in [5.74, 6) is 3.41. The molecule has 16 heteroatoms. The van der Waals surface area contributed by atoms with Crippen LogP contribution in [0.5, 0.6) is 0 Å². The van der Waals surface area contributed by atoms with Crippen LogP contribution in [-0.4, -0.2) is 68.9 Å². The van der Waals surface area contributed by atoms with Crippen molar-refractivity contribution in [2.45, 2.75) is 30.7 Å². The Morgan fingerprint density at radius 3 is 2.49 bits per heavy atom. The van der Waals surface area contributed by atoms with Crippen LogP contribution in [0, 0.1) is 17.7 Å². The molecule has 0 unspecified atom stereocenters. The van der Waals surface area contributed by atoms with Gasteiger partial charge in [0.05, 0.1) is 45.4 Å². The highest BCUT2D eigenvalue weighted by Crippen LogP contribution is 2.34. The van der Waals surface area contributed by atoms with Gasteiger partial charge in [0.2, 0.25) is 17.0 Å². The summed E-state index contributed by atoms with van der Waals surface area (Å²) in [5, 5.41) is 15.6. The van der Waals surface area contributed by atoms with E-state index in [1.54, 1.807) is 32.8 Å². The number of nitrogens with one attached hydrogen (secondary N) is 2. The Hall–Kier alpha value is -3.38. The second-order valence-electron chi connectivity index (χ2n) is 9.32. The molecule has 0 aliphatic heterocycles. The minimum Gasteiger partial charge on any atom is -0.339 e. The van der Waals surface area contributed by atoms with Gasteiger partial charge in [-0.15, -0.1) is 5.10 Å². The van der Waals surface area contributed by atoms with E-state index in [4.69, 9.17) is 23.2 Å². The van der Waals surface area contributed by atoms with E-state index in [2.05, 4.69) is 38.0 Å². The fourth-order valence-corrected chi connectivity index (χ4v) is 4.35. The molecule has 2 aromatic carbocycles. The van der Waals surface area contributed by atoms with Crippen LogP contribution in [0.1, 0.15) is 25.0 Å². The van der Waals surface area contributed by atoms with E-state index in [0.717, 1.165) is 34.6 Å². The molecule has 2 amide bonds. The van der Waals surface area contributed by atoms with E-state index >= 15 is 0 Å². The third-order valence-corrected chi connectivity index (χ3v) is 6.66. The number of carbonyl (C=O) groups is 2. The number of benzene rings is 2. The number of rotatable bonds is 8. The topological polar surface area (TPSA) is 105 Å². The van der Waals surface area contributed by atoms with Crippen molar-refractivity contribution < 1.29 is 27.2 Å². The Morgan fingerprint density at radius 2 is 1.83 bits per heavy atom. The van der Waals surface area contributed by atoms with Gasteiger partial charge in [0.25, 0.3) is 0 Å². The largest absolute Gasteiger partial charge is 0.416 e. The molecule has 0 saturated carbocycles. The predicted octanol–water partition coefficient (Wildman–Crippen LogP) is 4.67. The van der Waals surface area contributed by atoms with Gasteiger partial charge in [0, 0.05) is 0 Å². The fraction of sp³-hybridized carbons (Fsp3) is 0.320. The first-order valence-corrected chi connectivity index (χ1v) is 13.4. The minimum absolute atomic E-state index is 0.00967. The summed E-state index contributed by atoms with van der Waals surface area (Å²) < 4.78 is 55.3. The number of aromatic nitrogens is 4. The van der Waals surface area contributed by atoms with Gasteiger partial charge >= 0.3 is 6.18 Å². The molecule has 0 bridgehead atoms. The van der Waals surface area contributed by atoms with Crippen LogP contribution in [0.2, 0.25) is 10.0 Å². The molecule has 0 spiro atoms. The Bertz CT molecular complexity index is 1520. The van der Waals surface area contributed by atoms with Gasteiger partial charge < -0.3 is 15.5 Å². The SMILES string of the molecule is CN(C)CC(=O)NC(C)(C)C#Cc1ccc(NC(=O)CSc2nnnn2-c2cc(C(F)(F)F)ccc2Cl)c(Cl)c1F. The van der Waals surface area contributed by atoms with Crippen molar-refractivity contribution >= 4 is 52.5 Å². The number of nitrogens with zero attached hydrogens (tertiary/aromatic N) is 5. The van der Waals surface area contributed by atoms with Gasteiger partial charge in [-0.2, -0.15) is 17.9 Å². The van der Waals surface area contributed by atoms with E-state index in [0.29, 0.717) is 0 Å². The van der Waals surface area contributed by atoms with Crippen LogP contribution in [0.15, 0.2) is 35.5 Å². The maximum absolute atomic E-state index is 14.9. The Kier molecular flexibility index (Phi) is 10.2. The maximum Gasteiger partial charge on any atom is 0.416 e. The fourth-order valence-electron chi connectivity index (χ4n) is 3.26. The first kappa shape index (κ1) is 32.1.